The topological polar surface area (TPSA) is 58.1 Å². The molecule has 0 bridgehead atoms. The lowest BCUT2D eigenvalue weighted by Crippen LogP contribution is -2.39. The van der Waals surface area contributed by atoms with Gasteiger partial charge in [-0.2, -0.15) is 0 Å². The normalized spacial score (nSPS) is 22.1. The molecule has 29 heavy (non-hydrogen) atoms. The van der Waals surface area contributed by atoms with Crippen molar-refractivity contribution in [2.75, 3.05) is 23.3 Å². The minimum atomic E-state index is -0.182. The summed E-state index contributed by atoms with van der Waals surface area (Å²) in [5.74, 6) is 1.80. The number of amides is 1. The molecule has 5 nitrogen and oxygen atoms in total. The first-order valence-corrected chi connectivity index (χ1v) is 11.3. The zero-order chi connectivity index (χ0) is 20.0. The highest BCUT2D eigenvalue weighted by atomic mass is 32.1. The Labute approximate surface area is 175 Å². The fraction of sp³-hybridized carbons (Fsp3) is 0.435. The second kappa shape index (κ2) is 7.41. The Morgan fingerprint density at radius 2 is 1.97 bits per heavy atom. The Bertz CT molecular complexity index is 1050. The van der Waals surface area contributed by atoms with Crippen LogP contribution in [0, 0.1) is 11.8 Å². The van der Waals surface area contributed by atoms with Crippen LogP contribution in [0.2, 0.25) is 0 Å². The number of fused-ring (bicyclic) bond motifs is 1. The van der Waals surface area contributed by atoms with Gasteiger partial charge in [-0.05, 0) is 61.3 Å². The summed E-state index contributed by atoms with van der Waals surface area (Å²) in [5, 5.41) is 3.06. The number of rotatable bonds is 4. The van der Waals surface area contributed by atoms with Gasteiger partial charge in [-0.25, -0.2) is 4.98 Å². The molecule has 1 aliphatic carbocycles. The summed E-state index contributed by atoms with van der Waals surface area (Å²) in [5.41, 5.74) is 3.17. The number of carbonyl (C=O) groups excluding carboxylic acids is 1. The van der Waals surface area contributed by atoms with Crippen LogP contribution in [0.4, 0.5) is 11.4 Å². The van der Waals surface area contributed by atoms with Crippen molar-refractivity contribution in [3.63, 3.8) is 0 Å². The summed E-state index contributed by atoms with van der Waals surface area (Å²) in [6.45, 7) is 6.58. The highest BCUT2D eigenvalue weighted by molar-refractivity contribution is 7.19. The van der Waals surface area contributed by atoms with Gasteiger partial charge in [-0.3, -0.25) is 9.78 Å². The molecule has 5 rings (SSSR count). The molecule has 3 aromatic heterocycles. The molecule has 1 saturated carbocycles. The van der Waals surface area contributed by atoms with Crippen molar-refractivity contribution in [1.29, 1.82) is 0 Å². The van der Waals surface area contributed by atoms with Crippen molar-refractivity contribution in [2.24, 2.45) is 11.8 Å². The Morgan fingerprint density at radius 3 is 2.72 bits per heavy atom. The van der Waals surface area contributed by atoms with E-state index in [-0.39, 0.29) is 5.91 Å². The molecule has 0 aromatic carbocycles. The van der Waals surface area contributed by atoms with Crippen LogP contribution in [0.1, 0.15) is 54.4 Å². The van der Waals surface area contributed by atoms with Crippen LogP contribution in [0.5, 0.6) is 0 Å². The fourth-order valence-electron chi connectivity index (χ4n) is 4.44. The van der Waals surface area contributed by atoms with Crippen LogP contribution in [0.25, 0.3) is 10.2 Å². The first kappa shape index (κ1) is 18.6. The molecule has 150 valence electrons. The van der Waals surface area contributed by atoms with E-state index < -0.39 is 0 Å². The van der Waals surface area contributed by atoms with E-state index in [0.29, 0.717) is 23.4 Å². The van der Waals surface area contributed by atoms with Gasteiger partial charge in [-0.1, -0.05) is 13.8 Å². The second-order valence-electron chi connectivity index (χ2n) is 8.70. The number of carbonyl (C=O) groups is 1. The molecule has 2 atom stereocenters. The number of pyridine rings is 2. The van der Waals surface area contributed by atoms with Gasteiger partial charge in [0.05, 0.1) is 27.8 Å². The number of hydrogen-bond acceptors (Lipinski definition) is 5. The first-order valence-electron chi connectivity index (χ1n) is 10.5. The minimum absolute atomic E-state index is 0.182. The van der Waals surface area contributed by atoms with E-state index >= 15 is 0 Å². The van der Waals surface area contributed by atoms with Crippen molar-refractivity contribution in [3.05, 3.63) is 47.2 Å². The van der Waals surface area contributed by atoms with Crippen LogP contribution >= 0.6 is 11.3 Å². The quantitative estimate of drug-likeness (QED) is 0.638. The number of aromatic nitrogens is 2. The summed E-state index contributed by atoms with van der Waals surface area (Å²) in [6, 6.07) is 8.00. The number of thiophene rings is 1. The third kappa shape index (κ3) is 3.86. The molecule has 1 amide bonds. The van der Waals surface area contributed by atoms with Crippen molar-refractivity contribution >= 4 is 38.8 Å². The van der Waals surface area contributed by atoms with Gasteiger partial charge in [0.25, 0.3) is 5.91 Å². The third-order valence-electron chi connectivity index (χ3n) is 5.86. The maximum Gasteiger partial charge on any atom is 0.274 e. The van der Waals surface area contributed by atoms with Crippen LogP contribution in [0.3, 0.4) is 0 Å². The lowest BCUT2D eigenvalue weighted by Gasteiger charge is -2.37. The number of anilines is 2. The number of piperidine rings is 1. The maximum atomic E-state index is 13.0. The largest absolute Gasteiger partial charge is 0.369 e. The van der Waals surface area contributed by atoms with E-state index in [4.69, 9.17) is 0 Å². The van der Waals surface area contributed by atoms with Crippen LogP contribution < -0.4 is 10.2 Å². The number of hydrogen-bond donors (Lipinski definition) is 1. The van der Waals surface area contributed by atoms with Gasteiger partial charge in [0.2, 0.25) is 0 Å². The molecule has 2 aliphatic rings. The summed E-state index contributed by atoms with van der Waals surface area (Å²) >= 11 is 1.80. The Balaban J connectivity index is 1.39. The predicted octanol–water partition coefficient (Wildman–Crippen LogP) is 5.30. The second-order valence-corrected chi connectivity index (χ2v) is 9.82. The van der Waals surface area contributed by atoms with E-state index in [1.54, 1.807) is 23.7 Å². The van der Waals surface area contributed by atoms with Crippen molar-refractivity contribution in [2.45, 2.75) is 39.0 Å². The van der Waals surface area contributed by atoms with Crippen LogP contribution in [-0.2, 0) is 0 Å². The Morgan fingerprint density at radius 1 is 1.17 bits per heavy atom. The number of nitrogens with zero attached hydrogens (tertiary/aromatic N) is 3. The van der Waals surface area contributed by atoms with Gasteiger partial charge in [0.15, 0.2) is 0 Å². The summed E-state index contributed by atoms with van der Waals surface area (Å²) in [7, 11) is 0. The third-order valence-corrected chi connectivity index (χ3v) is 7.11. The summed E-state index contributed by atoms with van der Waals surface area (Å²) < 4.78 is 1.15. The molecular formula is C23H26N4OS. The van der Waals surface area contributed by atoms with Gasteiger partial charge in [0, 0.05) is 24.2 Å². The van der Waals surface area contributed by atoms with Crippen molar-refractivity contribution < 1.29 is 4.79 Å². The van der Waals surface area contributed by atoms with E-state index in [2.05, 4.69) is 40.1 Å². The Kier molecular flexibility index (Phi) is 4.74. The summed E-state index contributed by atoms with van der Waals surface area (Å²) in [6.07, 6.45) is 7.33. The fourth-order valence-corrected chi connectivity index (χ4v) is 5.62. The standard InChI is InChI=1S/C23H26N4OS/c1-14-9-15(2)13-27(12-14)20-7-8-24-11-19(20)26-23(28)17-5-6-21-18(25-17)10-22(29-21)16-3-4-16/h5-8,10-11,14-16H,3-4,9,12-13H2,1-2H3,(H,26,28). The van der Waals surface area contributed by atoms with Gasteiger partial charge < -0.3 is 10.2 Å². The maximum absolute atomic E-state index is 13.0. The molecule has 6 heteroatoms. The lowest BCUT2D eigenvalue weighted by molar-refractivity contribution is 0.102. The zero-order valence-electron chi connectivity index (χ0n) is 16.9. The average molecular weight is 407 g/mol. The van der Waals surface area contributed by atoms with Crippen LogP contribution in [0.15, 0.2) is 36.7 Å². The van der Waals surface area contributed by atoms with Crippen molar-refractivity contribution in [1.82, 2.24) is 9.97 Å². The predicted molar refractivity (Wildman–Crippen MR) is 119 cm³/mol. The molecule has 1 aliphatic heterocycles. The van der Waals surface area contributed by atoms with Crippen molar-refractivity contribution in [3.8, 4) is 0 Å². The van der Waals surface area contributed by atoms with Crippen LogP contribution in [-0.4, -0.2) is 29.0 Å². The van der Waals surface area contributed by atoms with Gasteiger partial charge in [0.1, 0.15) is 5.69 Å². The SMILES string of the molecule is CC1CC(C)CN(c2ccncc2NC(=O)c2ccc3sc(C4CC4)cc3n2)C1. The van der Waals surface area contributed by atoms with E-state index in [1.807, 2.05) is 18.2 Å². The lowest BCUT2D eigenvalue weighted by atomic mass is 9.91. The first-order chi connectivity index (χ1) is 14.1. The highest BCUT2D eigenvalue weighted by Gasteiger charge is 2.26. The van der Waals surface area contributed by atoms with E-state index in [9.17, 15) is 4.79 Å². The molecule has 0 radical (unpaired) electrons. The molecule has 0 spiro atoms. The molecule has 4 heterocycles. The average Bonchev–Trinajstić information content (AvgIpc) is 3.46. The molecular weight excluding hydrogens is 380 g/mol. The molecule has 2 unspecified atom stereocenters. The minimum Gasteiger partial charge on any atom is -0.369 e. The van der Waals surface area contributed by atoms with E-state index in [1.165, 1.54) is 24.1 Å². The smallest absolute Gasteiger partial charge is 0.274 e. The monoisotopic (exact) mass is 406 g/mol. The van der Waals surface area contributed by atoms with Gasteiger partial charge in [-0.15, -0.1) is 11.3 Å². The van der Waals surface area contributed by atoms with E-state index in [0.717, 1.165) is 34.7 Å². The molecule has 3 aromatic rings. The zero-order valence-corrected chi connectivity index (χ0v) is 17.7. The Hall–Kier alpha value is -2.47. The molecule has 2 fully saturated rings. The summed E-state index contributed by atoms with van der Waals surface area (Å²) in [4.78, 5) is 25.6. The van der Waals surface area contributed by atoms with Gasteiger partial charge >= 0.3 is 0 Å². The molecule has 1 N–H and O–H groups in total. The molecule has 1 saturated heterocycles. The number of nitrogens with one attached hydrogen (secondary N) is 1. The highest BCUT2D eigenvalue weighted by Crippen LogP contribution is 2.44.